The lowest BCUT2D eigenvalue weighted by molar-refractivity contribution is 0.153. The molecule has 0 amide bonds. The van der Waals surface area contributed by atoms with Crippen LogP contribution in [0.15, 0.2) is 35.2 Å². The summed E-state index contributed by atoms with van der Waals surface area (Å²) in [6.07, 6.45) is 14.0. The number of rotatable bonds is 3. The van der Waals surface area contributed by atoms with Gasteiger partial charge < -0.3 is 0 Å². The summed E-state index contributed by atoms with van der Waals surface area (Å²) < 4.78 is 40.4. The molecule has 0 unspecified atom stereocenters. The molecule has 24 heavy (non-hydrogen) atoms. The second-order valence-electron chi connectivity index (χ2n) is 7.92. The molecular weight excluding hydrogens is 309 g/mol. The average Bonchev–Trinajstić information content (AvgIpc) is 2.76. The van der Waals surface area contributed by atoms with Crippen molar-refractivity contribution in [2.24, 2.45) is 23.7 Å². The van der Waals surface area contributed by atoms with Crippen LogP contribution in [0, 0.1) is 23.7 Å². The molecule has 0 atom stereocenters. The highest BCUT2D eigenvalue weighted by atomic mass is 19.2. The van der Waals surface area contributed by atoms with Crippen LogP contribution in [0.25, 0.3) is 0 Å². The highest BCUT2D eigenvalue weighted by molar-refractivity contribution is 5.36. The van der Waals surface area contributed by atoms with Gasteiger partial charge in [0, 0.05) is 6.42 Å². The van der Waals surface area contributed by atoms with Gasteiger partial charge in [-0.25, -0.2) is 13.2 Å². The van der Waals surface area contributed by atoms with E-state index in [4.69, 9.17) is 0 Å². The van der Waals surface area contributed by atoms with Crippen LogP contribution < -0.4 is 0 Å². The zero-order chi connectivity index (χ0) is 17.1. The minimum atomic E-state index is -1.32. The second kappa shape index (κ2) is 7.93. The summed E-state index contributed by atoms with van der Waals surface area (Å²) in [5.41, 5.74) is 0.795. The van der Waals surface area contributed by atoms with Gasteiger partial charge in [0.1, 0.15) is 5.83 Å². The number of hydrogen-bond acceptors (Lipinski definition) is 0. The van der Waals surface area contributed by atoms with E-state index in [9.17, 15) is 13.2 Å². The second-order valence-corrected chi connectivity index (χ2v) is 7.92. The van der Waals surface area contributed by atoms with Crippen LogP contribution in [0.4, 0.5) is 13.2 Å². The highest BCUT2D eigenvalue weighted by Gasteiger charge is 2.31. The Bertz CT molecular complexity index is 527. The average molecular weight is 338 g/mol. The maximum Gasteiger partial charge on any atom is 0.190 e. The smallest absolute Gasteiger partial charge is 0.190 e. The van der Waals surface area contributed by atoms with Crippen molar-refractivity contribution in [3.05, 3.63) is 35.2 Å². The van der Waals surface area contributed by atoms with Gasteiger partial charge in [-0.15, -0.1) is 0 Å². The first-order valence-corrected chi connectivity index (χ1v) is 9.70. The van der Waals surface area contributed by atoms with Crippen molar-refractivity contribution in [3.8, 4) is 0 Å². The fourth-order valence-electron chi connectivity index (χ4n) is 4.97. The normalized spacial score (nSPS) is 35.3. The minimum Gasteiger partial charge on any atom is -0.208 e. The van der Waals surface area contributed by atoms with E-state index >= 15 is 0 Å². The first kappa shape index (κ1) is 17.8. The van der Waals surface area contributed by atoms with Crippen molar-refractivity contribution >= 4 is 0 Å². The van der Waals surface area contributed by atoms with Gasteiger partial charge in [0.15, 0.2) is 11.7 Å². The number of halogens is 3. The summed E-state index contributed by atoms with van der Waals surface area (Å²) in [6.45, 7) is 2.30. The molecule has 0 aromatic rings. The molecular formula is C21H29F3. The van der Waals surface area contributed by atoms with Crippen LogP contribution in [-0.2, 0) is 0 Å². The highest BCUT2D eigenvalue weighted by Crippen LogP contribution is 2.44. The van der Waals surface area contributed by atoms with E-state index in [-0.39, 0.29) is 12.3 Å². The Morgan fingerprint density at radius 1 is 0.875 bits per heavy atom. The maximum atomic E-state index is 13.7. The van der Waals surface area contributed by atoms with Crippen molar-refractivity contribution in [3.63, 3.8) is 0 Å². The zero-order valence-electron chi connectivity index (χ0n) is 14.7. The molecule has 0 aromatic heterocycles. The molecule has 0 aromatic carbocycles. The largest absolute Gasteiger partial charge is 0.208 e. The van der Waals surface area contributed by atoms with E-state index < -0.39 is 17.5 Å². The SMILES string of the molecule is CCC1CCC(C2CCC(C3=CCC(F)=C(F)C(F)=C3)CC2)CC1. The summed E-state index contributed by atoms with van der Waals surface area (Å²) in [4.78, 5) is 0. The lowest BCUT2D eigenvalue weighted by Gasteiger charge is -2.38. The van der Waals surface area contributed by atoms with E-state index in [0.717, 1.165) is 36.2 Å². The van der Waals surface area contributed by atoms with Gasteiger partial charge in [0.2, 0.25) is 0 Å². The lowest BCUT2D eigenvalue weighted by Crippen LogP contribution is -2.26. The Kier molecular flexibility index (Phi) is 5.89. The van der Waals surface area contributed by atoms with Crippen molar-refractivity contribution < 1.29 is 13.2 Å². The maximum absolute atomic E-state index is 13.7. The summed E-state index contributed by atoms with van der Waals surface area (Å²) in [5.74, 6) is -0.498. The Labute approximate surface area is 143 Å². The van der Waals surface area contributed by atoms with Crippen LogP contribution in [0.5, 0.6) is 0 Å². The molecule has 0 nitrogen and oxygen atoms in total. The van der Waals surface area contributed by atoms with Crippen LogP contribution in [0.1, 0.15) is 71.1 Å². The Hall–Kier alpha value is -0.990. The van der Waals surface area contributed by atoms with Crippen molar-refractivity contribution in [2.45, 2.75) is 71.1 Å². The van der Waals surface area contributed by atoms with Crippen molar-refractivity contribution in [1.29, 1.82) is 0 Å². The minimum absolute atomic E-state index is 0.119. The van der Waals surface area contributed by atoms with E-state index in [1.54, 1.807) is 6.08 Å². The molecule has 2 saturated carbocycles. The summed E-state index contributed by atoms with van der Waals surface area (Å²) in [6, 6.07) is 0. The topological polar surface area (TPSA) is 0 Å². The van der Waals surface area contributed by atoms with Gasteiger partial charge in [-0.2, -0.15) is 0 Å². The molecule has 0 heterocycles. The molecule has 3 aliphatic carbocycles. The zero-order valence-corrected chi connectivity index (χ0v) is 14.7. The van der Waals surface area contributed by atoms with Gasteiger partial charge >= 0.3 is 0 Å². The molecule has 0 spiro atoms. The predicted molar refractivity (Wildman–Crippen MR) is 92.3 cm³/mol. The number of hydrogen-bond donors (Lipinski definition) is 0. The van der Waals surface area contributed by atoms with Gasteiger partial charge in [-0.05, 0) is 73.8 Å². The molecule has 0 radical (unpaired) electrons. The fraction of sp³-hybridized carbons (Fsp3) is 0.714. The van der Waals surface area contributed by atoms with Gasteiger partial charge in [-0.3, -0.25) is 0 Å². The Balaban J connectivity index is 1.54. The third kappa shape index (κ3) is 3.97. The molecule has 0 N–H and O–H groups in total. The third-order valence-electron chi connectivity index (χ3n) is 6.64. The van der Waals surface area contributed by atoms with Crippen LogP contribution in [0.3, 0.4) is 0 Å². The summed E-state index contributed by atoms with van der Waals surface area (Å²) in [7, 11) is 0. The molecule has 3 aliphatic rings. The monoisotopic (exact) mass is 338 g/mol. The summed E-state index contributed by atoms with van der Waals surface area (Å²) in [5, 5.41) is 0. The van der Waals surface area contributed by atoms with Gasteiger partial charge in [0.25, 0.3) is 0 Å². The Morgan fingerprint density at radius 3 is 2.04 bits per heavy atom. The first-order chi connectivity index (χ1) is 11.6. The standard InChI is InChI=1S/C21H29F3/c1-2-14-3-5-15(6-4-14)16-7-9-17(10-8-16)18-11-12-19(22)21(24)20(23)13-18/h11,13-17H,2-10,12H2,1H3. The molecule has 2 fully saturated rings. The van der Waals surface area contributed by atoms with Crippen molar-refractivity contribution in [1.82, 2.24) is 0 Å². The van der Waals surface area contributed by atoms with Gasteiger partial charge in [0.05, 0.1) is 0 Å². The molecule has 0 bridgehead atoms. The van der Waals surface area contributed by atoms with E-state index in [1.165, 1.54) is 51.0 Å². The first-order valence-electron chi connectivity index (χ1n) is 9.70. The van der Waals surface area contributed by atoms with E-state index in [0.29, 0.717) is 0 Å². The number of allylic oxidation sites excluding steroid dienone is 6. The van der Waals surface area contributed by atoms with E-state index in [2.05, 4.69) is 6.92 Å². The molecule has 3 heteroatoms. The molecule has 0 aliphatic heterocycles. The van der Waals surface area contributed by atoms with Crippen LogP contribution in [-0.4, -0.2) is 0 Å². The van der Waals surface area contributed by atoms with Gasteiger partial charge in [-0.1, -0.05) is 32.3 Å². The quantitative estimate of drug-likeness (QED) is 0.505. The van der Waals surface area contributed by atoms with Crippen LogP contribution in [0.2, 0.25) is 0 Å². The fourth-order valence-corrected chi connectivity index (χ4v) is 4.97. The van der Waals surface area contributed by atoms with Crippen molar-refractivity contribution in [2.75, 3.05) is 0 Å². The Morgan fingerprint density at radius 2 is 1.46 bits per heavy atom. The third-order valence-corrected chi connectivity index (χ3v) is 6.64. The molecule has 3 rings (SSSR count). The molecule has 134 valence electrons. The van der Waals surface area contributed by atoms with Crippen LogP contribution >= 0.6 is 0 Å². The predicted octanol–water partition coefficient (Wildman–Crippen LogP) is 7.34. The van der Waals surface area contributed by atoms with E-state index in [1.807, 2.05) is 0 Å². The lowest BCUT2D eigenvalue weighted by atomic mass is 9.68. The summed E-state index contributed by atoms with van der Waals surface area (Å²) >= 11 is 0. The molecule has 0 saturated heterocycles.